The Hall–Kier alpha value is -0.730. The third-order valence-corrected chi connectivity index (χ3v) is 2.96. The lowest BCUT2D eigenvalue weighted by atomic mass is 9.95. The summed E-state index contributed by atoms with van der Waals surface area (Å²) in [6.07, 6.45) is 1.42. The highest BCUT2D eigenvalue weighted by atomic mass is 35.5. The first-order valence-electron chi connectivity index (χ1n) is 4.74. The Bertz CT molecular complexity index is 364. The normalized spacial score (nSPS) is 12.5. The second-order valence-electron chi connectivity index (χ2n) is 3.35. The number of carboxylic acids is 1. The molecule has 82 valence electrons. The van der Waals surface area contributed by atoms with Crippen molar-refractivity contribution in [2.24, 2.45) is 0 Å². The average molecular weight is 247 g/mol. The van der Waals surface area contributed by atoms with Gasteiger partial charge < -0.3 is 5.11 Å². The van der Waals surface area contributed by atoms with Crippen molar-refractivity contribution in [3.63, 3.8) is 0 Å². The maximum Gasteiger partial charge on any atom is 0.310 e. The highest BCUT2D eigenvalue weighted by Crippen LogP contribution is 2.28. The Morgan fingerprint density at radius 1 is 1.40 bits per heavy atom. The van der Waals surface area contributed by atoms with Crippen molar-refractivity contribution in [2.75, 3.05) is 0 Å². The van der Waals surface area contributed by atoms with Gasteiger partial charge in [0.15, 0.2) is 0 Å². The molecular formula is C11H12Cl2O2. The molecule has 1 rings (SSSR count). The maximum absolute atomic E-state index is 11.0. The fourth-order valence-electron chi connectivity index (χ4n) is 1.45. The van der Waals surface area contributed by atoms with Crippen LogP contribution in [0.2, 0.25) is 10.0 Å². The third kappa shape index (κ3) is 3.11. The number of aliphatic carboxylic acids is 1. The lowest BCUT2D eigenvalue weighted by Crippen LogP contribution is -2.11. The SMILES string of the molecule is CCCC(C(=O)O)c1ccc(Cl)c(Cl)c1. The molecule has 0 aliphatic carbocycles. The van der Waals surface area contributed by atoms with E-state index in [1.165, 1.54) is 0 Å². The van der Waals surface area contributed by atoms with Crippen LogP contribution in [0.4, 0.5) is 0 Å². The summed E-state index contributed by atoms with van der Waals surface area (Å²) in [7, 11) is 0. The second kappa shape index (κ2) is 5.38. The first kappa shape index (κ1) is 12.3. The van der Waals surface area contributed by atoms with Gasteiger partial charge in [-0.2, -0.15) is 0 Å². The minimum atomic E-state index is -0.824. The van der Waals surface area contributed by atoms with Crippen LogP contribution in [0.5, 0.6) is 0 Å². The van der Waals surface area contributed by atoms with Crippen molar-refractivity contribution in [1.29, 1.82) is 0 Å². The molecule has 0 amide bonds. The molecule has 0 saturated carbocycles. The number of carboxylic acid groups (broad SMARTS) is 1. The van der Waals surface area contributed by atoms with Crippen LogP contribution in [-0.2, 0) is 4.79 Å². The first-order valence-corrected chi connectivity index (χ1v) is 5.49. The highest BCUT2D eigenvalue weighted by Gasteiger charge is 2.19. The van der Waals surface area contributed by atoms with Gasteiger partial charge >= 0.3 is 5.97 Å². The Balaban J connectivity index is 3.01. The van der Waals surface area contributed by atoms with E-state index in [9.17, 15) is 4.79 Å². The quantitative estimate of drug-likeness (QED) is 0.874. The van der Waals surface area contributed by atoms with Crippen LogP contribution in [0, 0.1) is 0 Å². The molecule has 0 aromatic heterocycles. The summed E-state index contributed by atoms with van der Waals surface area (Å²) in [5, 5.41) is 9.89. The molecule has 0 heterocycles. The molecule has 1 atom stereocenters. The molecular weight excluding hydrogens is 235 g/mol. The van der Waals surface area contributed by atoms with Gasteiger partial charge in [0, 0.05) is 0 Å². The smallest absolute Gasteiger partial charge is 0.310 e. The lowest BCUT2D eigenvalue weighted by Gasteiger charge is -2.12. The van der Waals surface area contributed by atoms with Gasteiger partial charge in [-0.1, -0.05) is 42.6 Å². The van der Waals surface area contributed by atoms with Gasteiger partial charge in [0.05, 0.1) is 16.0 Å². The summed E-state index contributed by atoms with van der Waals surface area (Å²) in [5.74, 6) is -1.32. The van der Waals surface area contributed by atoms with E-state index in [1.54, 1.807) is 18.2 Å². The van der Waals surface area contributed by atoms with E-state index < -0.39 is 11.9 Å². The van der Waals surface area contributed by atoms with Gasteiger partial charge in [-0.15, -0.1) is 0 Å². The minimum Gasteiger partial charge on any atom is -0.481 e. The van der Waals surface area contributed by atoms with Crippen molar-refractivity contribution in [1.82, 2.24) is 0 Å². The summed E-state index contributed by atoms with van der Waals surface area (Å²) >= 11 is 11.6. The molecule has 0 fully saturated rings. The number of hydrogen-bond donors (Lipinski definition) is 1. The van der Waals surface area contributed by atoms with Crippen molar-refractivity contribution < 1.29 is 9.90 Å². The summed E-state index contributed by atoms with van der Waals surface area (Å²) in [6.45, 7) is 1.95. The molecule has 0 aliphatic heterocycles. The first-order chi connectivity index (χ1) is 7.06. The van der Waals surface area contributed by atoms with Gasteiger partial charge in [-0.05, 0) is 24.1 Å². The Labute approximate surface area is 98.8 Å². The largest absolute Gasteiger partial charge is 0.481 e. The fourth-order valence-corrected chi connectivity index (χ4v) is 1.76. The molecule has 1 unspecified atom stereocenters. The van der Waals surface area contributed by atoms with Crippen LogP contribution in [0.3, 0.4) is 0 Å². The van der Waals surface area contributed by atoms with Crippen molar-refractivity contribution >= 4 is 29.2 Å². The van der Waals surface area contributed by atoms with E-state index in [0.29, 0.717) is 22.0 Å². The molecule has 1 aromatic carbocycles. The van der Waals surface area contributed by atoms with Crippen LogP contribution >= 0.6 is 23.2 Å². The number of carbonyl (C=O) groups is 1. The molecule has 15 heavy (non-hydrogen) atoms. The summed E-state index contributed by atoms with van der Waals surface area (Å²) in [4.78, 5) is 11.0. The standard InChI is InChI=1S/C11H12Cl2O2/c1-2-3-8(11(14)15)7-4-5-9(12)10(13)6-7/h4-6,8H,2-3H2,1H3,(H,14,15). The van der Waals surface area contributed by atoms with Gasteiger partial charge in [0.1, 0.15) is 0 Å². The molecule has 1 aromatic rings. The van der Waals surface area contributed by atoms with Crippen LogP contribution < -0.4 is 0 Å². The zero-order valence-corrected chi connectivity index (χ0v) is 9.85. The molecule has 1 N–H and O–H groups in total. The number of rotatable bonds is 4. The van der Waals surface area contributed by atoms with Crippen LogP contribution in [0.1, 0.15) is 31.2 Å². The van der Waals surface area contributed by atoms with Gasteiger partial charge in [0.25, 0.3) is 0 Å². The Kier molecular flexibility index (Phi) is 4.43. The topological polar surface area (TPSA) is 37.3 Å². The maximum atomic E-state index is 11.0. The summed E-state index contributed by atoms with van der Waals surface area (Å²) in [6, 6.07) is 4.96. The average Bonchev–Trinajstić information content (AvgIpc) is 2.18. The van der Waals surface area contributed by atoms with E-state index >= 15 is 0 Å². The Morgan fingerprint density at radius 2 is 2.07 bits per heavy atom. The molecule has 0 bridgehead atoms. The highest BCUT2D eigenvalue weighted by molar-refractivity contribution is 6.42. The third-order valence-electron chi connectivity index (χ3n) is 2.22. The zero-order valence-electron chi connectivity index (χ0n) is 8.34. The molecule has 0 spiro atoms. The summed E-state index contributed by atoms with van der Waals surface area (Å²) < 4.78 is 0. The van der Waals surface area contributed by atoms with E-state index in [2.05, 4.69) is 0 Å². The number of benzene rings is 1. The predicted molar refractivity (Wildman–Crippen MR) is 61.7 cm³/mol. The van der Waals surface area contributed by atoms with Crippen LogP contribution in [0.25, 0.3) is 0 Å². The van der Waals surface area contributed by atoms with E-state index in [0.717, 1.165) is 6.42 Å². The number of hydrogen-bond acceptors (Lipinski definition) is 1. The molecule has 0 aliphatic rings. The van der Waals surface area contributed by atoms with Crippen molar-refractivity contribution in [3.8, 4) is 0 Å². The summed E-state index contributed by atoms with van der Waals surface area (Å²) in [5.41, 5.74) is 0.707. The van der Waals surface area contributed by atoms with Gasteiger partial charge in [0.2, 0.25) is 0 Å². The van der Waals surface area contributed by atoms with Gasteiger partial charge in [-0.25, -0.2) is 0 Å². The van der Waals surface area contributed by atoms with E-state index in [-0.39, 0.29) is 0 Å². The zero-order chi connectivity index (χ0) is 11.4. The molecule has 4 heteroatoms. The van der Waals surface area contributed by atoms with Crippen molar-refractivity contribution in [2.45, 2.75) is 25.7 Å². The predicted octanol–water partition coefficient (Wildman–Crippen LogP) is 3.96. The lowest BCUT2D eigenvalue weighted by molar-refractivity contribution is -0.139. The van der Waals surface area contributed by atoms with E-state index in [4.69, 9.17) is 28.3 Å². The van der Waals surface area contributed by atoms with E-state index in [1.807, 2.05) is 6.92 Å². The molecule has 0 saturated heterocycles. The Morgan fingerprint density at radius 3 is 2.53 bits per heavy atom. The van der Waals surface area contributed by atoms with Gasteiger partial charge in [-0.3, -0.25) is 4.79 Å². The molecule has 0 radical (unpaired) electrons. The molecule has 2 nitrogen and oxygen atoms in total. The monoisotopic (exact) mass is 246 g/mol. The number of halogens is 2. The van der Waals surface area contributed by atoms with Crippen molar-refractivity contribution in [3.05, 3.63) is 33.8 Å². The van der Waals surface area contributed by atoms with Crippen LogP contribution in [-0.4, -0.2) is 11.1 Å². The second-order valence-corrected chi connectivity index (χ2v) is 4.17. The van der Waals surface area contributed by atoms with Crippen LogP contribution in [0.15, 0.2) is 18.2 Å². The minimum absolute atomic E-state index is 0.400. The fraction of sp³-hybridized carbons (Fsp3) is 0.364.